The predicted octanol–water partition coefficient (Wildman–Crippen LogP) is 6.64. The minimum atomic E-state index is -0.411. The Morgan fingerprint density at radius 1 is 0.562 bits per heavy atom. The second-order valence-electron chi connectivity index (χ2n) is 8.03. The van der Waals surface area contributed by atoms with E-state index in [4.69, 9.17) is 0 Å². The van der Waals surface area contributed by atoms with Gasteiger partial charge in [-0.2, -0.15) is 0 Å². The summed E-state index contributed by atoms with van der Waals surface area (Å²) in [6, 6.07) is 39.0. The van der Waals surface area contributed by atoms with E-state index in [2.05, 4.69) is 0 Å². The van der Waals surface area contributed by atoms with Crippen molar-refractivity contribution in [3.05, 3.63) is 144 Å². The third-order valence-corrected chi connectivity index (χ3v) is 5.86. The van der Waals surface area contributed by atoms with Crippen molar-refractivity contribution in [2.75, 3.05) is 0 Å². The fraction of sp³-hybridized carbons (Fsp3) is 0.133. The first kappa shape index (κ1) is 21.5. The van der Waals surface area contributed by atoms with E-state index >= 15 is 0 Å². The second kappa shape index (κ2) is 10.5. The number of carbonyl (C=O) groups is 2. The minimum absolute atomic E-state index is 0.0490. The van der Waals surface area contributed by atoms with Gasteiger partial charge in [0.15, 0.2) is 5.78 Å². The highest BCUT2D eigenvalue weighted by atomic mass is 16.1. The van der Waals surface area contributed by atoms with E-state index < -0.39 is 5.92 Å². The van der Waals surface area contributed by atoms with Gasteiger partial charge in [-0.1, -0.05) is 121 Å². The molecule has 0 bridgehead atoms. The van der Waals surface area contributed by atoms with Gasteiger partial charge in [-0.25, -0.2) is 0 Å². The van der Waals surface area contributed by atoms with Crippen molar-refractivity contribution >= 4 is 11.6 Å². The number of ketones is 2. The average molecular weight is 419 g/mol. The summed E-state index contributed by atoms with van der Waals surface area (Å²) in [6.07, 6.45) is 0.609. The summed E-state index contributed by atoms with van der Waals surface area (Å²) in [6.45, 7) is 0. The molecule has 0 amide bonds. The summed E-state index contributed by atoms with van der Waals surface area (Å²) in [7, 11) is 0. The Morgan fingerprint density at radius 2 is 1.03 bits per heavy atom. The van der Waals surface area contributed by atoms with Gasteiger partial charge in [0.1, 0.15) is 5.78 Å². The molecule has 0 heterocycles. The van der Waals surface area contributed by atoms with Crippen LogP contribution < -0.4 is 0 Å². The molecule has 0 aromatic heterocycles. The van der Waals surface area contributed by atoms with Crippen LogP contribution in [0, 0.1) is 0 Å². The van der Waals surface area contributed by atoms with E-state index in [0.717, 1.165) is 16.7 Å². The average Bonchev–Trinajstić information content (AvgIpc) is 2.86. The van der Waals surface area contributed by atoms with Crippen LogP contribution in [0.15, 0.2) is 121 Å². The molecule has 0 aliphatic heterocycles. The summed E-state index contributed by atoms with van der Waals surface area (Å²) in [5, 5.41) is 0. The molecule has 0 spiro atoms. The van der Waals surface area contributed by atoms with E-state index in [9.17, 15) is 9.59 Å². The van der Waals surface area contributed by atoms with E-state index in [-0.39, 0.29) is 23.9 Å². The van der Waals surface area contributed by atoms with E-state index in [1.165, 1.54) is 0 Å². The summed E-state index contributed by atoms with van der Waals surface area (Å²) in [5.74, 6) is -0.487. The zero-order valence-corrected chi connectivity index (χ0v) is 17.9. The fourth-order valence-corrected chi connectivity index (χ4v) is 4.28. The van der Waals surface area contributed by atoms with Crippen molar-refractivity contribution in [1.82, 2.24) is 0 Å². The number of rotatable bonds is 9. The normalized spacial score (nSPS) is 12.6. The zero-order valence-electron chi connectivity index (χ0n) is 17.9. The minimum Gasteiger partial charge on any atom is -0.299 e. The third-order valence-electron chi connectivity index (χ3n) is 5.86. The lowest BCUT2D eigenvalue weighted by atomic mass is 9.74. The van der Waals surface area contributed by atoms with Crippen molar-refractivity contribution in [3.63, 3.8) is 0 Å². The first-order chi connectivity index (χ1) is 15.7. The Labute approximate surface area is 189 Å². The van der Waals surface area contributed by atoms with Crippen molar-refractivity contribution < 1.29 is 9.59 Å². The lowest BCUT2D eigenvalue weighted by molar-refractivity contribution is -0.120. The monoisotopic (exact) mass is 418 g/mol. The van der Waals surface area contributed by atoms with Crippen LogP contribution in [0.2, 0.25) is 0 Å². The Balaban J connectivity index is 1.74. The molecule has 0 aliphatic rings. The number of hydrogen-bond donors (Lipinski definition) is 0. The van der Waals surface area contributed by atoms with Gasteiger partial charge in [-0.05, 0) is 16.7 Å². The summed E-state index contributed by atoms with van der Waals surface area (Å²) in [4.78, 5) is 27.0. The highest BCUT2D eigenvalue weighted by molar-refractivity contribution is 5.97. The van der Waals surface area contributed by atoms with Crippen LogP contribution in [0.1, 0.15) is 45.3 Å². The molecule has 158 valence electrons. The Hall–Kier alpha value is -3.78. The van der Waals surface area contributed by atoms with Gasteiger partial charge in [0.25, 0.3) is 0 Å². The molecule has 0 radical (unpaired) electrons. The van der Waals surface area contributed by atoms with Crippen LogP contribution >= 0.6 is 0 Å². The zero-order chi connectivity index (χ0) is 22.2. The van der Waals surface area contributed by atoms with E-state index in [1.807, 2.05) is 121 Å². The highest BCUT2D eigenvalue weighted by Crippen LogP contribution is 2.38. The molecule has 2 heteroatoms. The first-order valence-electron chi connectivity index (χ1n) is 11.0. The van der Waals surface area contributed by atoms with Crippen molar-refractivity contribution in [3.8, 4) is 0 Å². The molecule has 4 aromatic rings. The van der Waals surface area contributed by atoms with Gasteiger partial charge in [-0.3, -0.25) is 9.59 Å². The van der Waals surface area contributed by atoms with Gasteiger partial charge >= 0.3 is 0 Å². The Morgan fingerprint density at radius 3 is 1.59 bits per heavy atom. The topological polar surface area (TPSA) is 34.1 Å². The summed E-state index contributed by atoms with van der Waals surface area (Å²) in [5.41, 5.74) is 3.62. The number of Topliss-reactive ketones (excluding diaryl/α,β-unsaturated/α-hetero) is 2. The first-order valence-corrected chi connectivity index (χ1v) is 11.0. The van der Waals surface area contributed by atoms with Crippen LogP contribution in [0.3, 0.4) is 0 Å². The molecule has 2 atom stereocenters. The molecular weight excluding hydrogens is 392 g/mol. The molecule has 2 nitrogen and oxygen atoms in total. The maximum absolute atomic E-state index is 13.7. The third kappa shape index (κ3) is 5.28. The van der Waals surface area contributed by atoms with Gasteiger partial charge < -0.3 is 0 Å². The van der Waals surface area contributed by atoms with Crippen molar-refractivity contribution in [2.24, 2.45) is 0 Å². The maximum atomic E-state index is 13.7. The second-order valence-corrected chi connectivity index (χ2v) is 8.03. The van der Waals surface area contributed by atoms with Crippen LogP contribution in [0.5, 0.6) is 0 Å². The smallest absolute Gasteiger partial charge is 0.163 e. The van der Waals surface area contributed by atoms with Gasteiger partial charge in [0, 0.05) is 24.3 Å². The maximum Gasteiger partial charge on any atom is 0.163 e. The SMILES string of the molecule is O=C(C[C@@H](c1ccccc1)[C@H](C(=O)Cc1ccccc1)c1ccccc1)c1ccccc1. The highest BCUT2D eigenvalue weighted by Gasteiger charge is 2.32. The molecule has 0 aliphatic carbocycles. The van der Waals surface area contributed by atoms with Gasteiger partial charge in [0.2, 0.25) is 0 Å². The fourth-order valence-electron chi connectivity index (χ4n) is 4.28. The van der Waals surface area contributed by atoms with Crippen LogP contribution in [-0.2, 0) is 11.2 Å². The number of hydrogen-bond acceptors (Lipinski definition) is 2. The van der Waals surface area contributed by atoms with Crippen molar-refractivity contribution in [1.29, 1.82) is 0 Å². The van der Waals surface area contributed by atoms with E-state index in [0.29, 0.717) is 12.0 Å². The summed E-state index contributed by atoms with van der Waals surface area (Å²) < 4.78 is 0. The van der Waals surface area contributed by atoms with Gasteiger partial charge in [0.05, 0.1) is 5.92 Å². The molecule has 4 aromatic carbocycles. The quantitative estimate of drug-likeness (QED) is 0.286. The number of carbonyl (C=O) groups excluding carboxylic acids is 2. The summed E-state index contributed by atoms with van der Waals surface area (Å²) >= 11 is 0. The number of benzene rings is 4. The Kier molecular flexibility index (Phi) is 7.04. The molecule has 0 saturated heterocycles. The van der Waals surface area contributed by atoms with Crippen LogP contribution in [-0.4, -0.2) is 11.6 Å². The standard InChI is InChI=1S/C30H26O2/c31-28(25-17-9-3-10-18-25)22-27(24-15-7-2-8-16-24)30(26-19-11-4-12-20-26)29(32)21-23-13-5-1-6-14-23/h1-20,27,30H,21-22H2/t27-,30+/m0/s1. The molecule has 32 heavy (non-hydrogen) atoms. The lowest BCUT2D eigenvalue weighted by Gasteiger charge is -2.27. The predicted molar refractivity (Wildman–Crippen MR) is 129 cm³/mol. The molecule has 0 unspecified atom stereocenters. The van der Waals surface area contributed by atoms with Crippen LogP contribution in [0.25, 0.3) is 0 Å². The molecule has 0 fully saturated rings. The van der Waals surface area contributed by atoms with E-state index in [1.54, 1.807) is 0 Å². The molecule has 0 saturated carbocycles. The van der Waals surface area contributed by atoms with Crippen molar-refractivity contribution in [2.45, 2.75) is 24.7 Å². The molecular formula is C30H26O2. The van der Waals surface area contributed by atoms with Crippen LogP contribution in [0.4, 0.5) is 0 Å². The van der Waals surface area contributed by atoms with Gasteiger partial charge in [-0.15, -0.1) is 0 Å². The molecule has 0 N–H and O–H groups in total. The largest absolute Gasteiger partial charge is 0.299 e. The Bertz CT molecular complexity index is 1140. The molecule has 4 rings (SSSR count). The lowest BCUT2D eigenvalue weighted by Crippen LogP contribution is -2.24.